The van der Waals surface area contributed by atoms with Gasteiger partial charge in [0.2, 0.25) is 5.91 Å². The number of hydrogen-bond acceptors (Lipinski definition) is 6. The van der Waals surface area contributed by atoms with Crippen LogP contribution in [0.2, 0.25) is 10.2 Å². The Hall–Kier alpha value is -3.69. The summed E-state index contributed by atoms with van der Waals surface area (Å²) in [6, 6.07) is 9.50. The van der Waals surface area contributed by atoms with Gasteiger partial charge in [-0.15, -0.1) is 5.10 Å². The van der Waals surface area contributed by atoms with Crippen molar-refractivity contribution < 1.29 is 4.79 Å². The maximum atomic E-state index is 13.8. The predicted octanol–water partition coefficient (Wildman–Crippen LogP) is 5.96. The first-order valence-corrected chi connectivity index (χ1v) is 14.2. The summed E-state index contributed by atoms with van der Waals surface area (Å²) in [5.74, 6) is 0.443. The summed E-state index contributed by atoms with van der Waals surface area (Å²) in [4.78, 5) is 20.5. The minimum atomic E-state index is -0.130. The van der Waals surface area contributed by atoms with E-state index in [1.807, 2.05) is 47.2 Å². The summed E-state index contributed by atoms with van der Waals surface area (Å²) in [5, 5.41) is 17.0. The van der Waals surface area contributed by atoms with Crippen LogP contribution < -0.4 is 5.32 Å². The number of carbonyl (C=O) groups is 1. The summed E-state index contributed by atoms with van der Waals surface area (Å²) in [5.41, 5.74) is 6.46. The molecule has 0 spiro atoms. The van der Waals surface area contributed by atoms with Gasteiger partial charge in [-0.2, -0.15) is 5.10 Å². The molecule has 0 saturated heterocycles. The Labute approximate surface area is 242 Å². The molecule has 1 aromatic carbocycles. The van der Waals surface area contributed by atoms with Gasteiger partial charge >= 0.3 is 0 Å². The zero-order valence-electron chi connectivity index (χ0n) is 22.4. The van der Waals surface area contributed by atoms with Gasteiger partial charge < -0.3 is 10.2 Å². The third-order valence-corrected chi connectivity index (χ3v) is 8.15. The highest BCUT2D eigenvalue weighted by Gasteiger charge is 2.30. The van der Waals surface area contributed by atoms with Crippen molar-refractivity contribution in [3.8, 4) is 16.9 Å². The third-order valence-electron chi connectivity index (χ3n) is 7.75. The number of benzene rings is 1. The standard InChI is InChI=1S/C29H30Cl2N8O/c1-18-4-3-5-26(23-12-20(8-10-32-23)29-24(33-15-18)16-34-37(29)2)38-11-9-19(13-28(38)40)22-14-21(30)6-7-25(22)39-17-27(31)35-36-39/h6-8,10,12-14,16-18,26,33H,3-5,9,11,15H2,1-2H3/t18-,26?/m1/s1. The van der Waals surface area contributed by atoms with Crippen LogP contribution in [0.3, 0.4) is 0 Å². The maximum absolute atomic E-state index is 13.8. The van der Waals surface area contributed by atoms with Crippen LogP contribution in [0.15, 0.2) is 55.0 Å². The largest absolute Gasteiger partial charge is 0.382 e. The number of pyridine rings is 1. The summed E-state index contributed by atoms with van der Waals surface area (Å²) in [6.45, 7) is 3.70. The van der Waals surface area contributed by atoms with Crippen LogP contribution in [0.4, 0.5) is 5.69 Å². The third kappa shape index (κ3) is 5.23. The zero-order chi connectivity index (χ0) is 27.8. The number of aryl methyl sites for hydroxylation is 1. The molecule has 4 aromatic rings. The molecule has 11 heteroatoms. The van der Waals surface area contributed by atoms with Crippen LogP contribution >= 0.6 is 23.2 Å². The number of aromatic nitrogens is 6. The number of carbonyl (C=O) groups excluding carboxylic acids is 1. The number of fused-ring (bicyclic) bond motifs is 4. The Morgan fingerprint density at radius 3 is 2.80 bits per heavy atom. The number of rotatable bonds is 3. The molecule has 6 rings (SSSR count). The van der Waals surface area contributed by atoms with Gasteiger partial charge in [-0.3, -0.25) is 14.5 Å². The number of halogens is 2. The fraction of sp³-hybridized carbons (Fsp3) is 0.345. The fourth-order valence-corrected chi connectivity index (χ4v) is 6.00. The Bertz CT molecular complexity index is 1590. The highest BCUT2D eigenvalue weighted by atomic mass is 35.5. The SMILES string of the molecule is C[C@@H]1CCCC(N2CCC(c3cc(Cl)ccc3-n3cc(Cl)nn3)=CC2=O)c2cc(ccn2)-c2c(cnn2C)NC1. The van der Waals surface area contributed by atoms with Gasteiger partial charge in [0.1, 0.15) is 0 Å². The lowest BCUT2D eigenvalue weighted by Gasteiger charge is -2.35. The molecule has 2 aliphatic rings. The minimum absolute atomic E-state index is 0.0379. The number of nitrogens with zero attached hydrogens (tertiary/aromatic N) is 7. The molecule has 9 nitrogen and oxygen atoms in total. The normalized spacial score (nSPS) is 19.8. The van der Waals surface area contributed by atoms with Crippen LogP contribution in [0.5, 0.6) is 0 Å². The average Bonchev–Trinajstić information content (AvgIpc) is 3.54. The van der Waals surface area contributed by atoms with Crippen LogP contribution in [-0.2, 0) is 11.8 Å². The Morgan fingerprint density at radius 2 is 2.00 bits per heavy atom. The molecule has 0 radical (unpaired) electrons. The molecule has 0 saturated carbocycles. The minimum Gasteiger partial charge on any atom is -0.382 e. The molecule has 1 unspecified atom stereocenters. The second-order valence-electron chi connectivity index (χ2n) is 10.5. The first-order chi connectivity index (χ1) is 19.4. The van der Waals surface area contributed by atoms with Crippen molar-refractivity contribution >= 4 is 40.4 Å². The average molecular weight is 578 g/mol. The van der Waals surface area contributed by atoms with Gasteiger partial charge in [0.15, 0.2) is 5.15 Å². The topological polar surface area (TPSA) is 93.8 Å². The van der Waals surface area contributed by atoms with Gasteiger partial charge in [-0.05, 0) is 61.1 Å². The van der Waals surface area contributed by atoms with Crippen molar-refractivity contribution in [1.29, 1.82) is 0 Å². The van der Waals surface area contributed by atoms with Gasteiger partial charge in [0.25, 0.3) is 0 Å². The van der Waals surface area contributed by atoms with Gasteiger partial charge in [-0.25, -0.2) is 4.68 Å². The molecule has 1 N–H and O–H groups in total. The molecule has 206 valence electrons. The molecule has 2 atom stereocenters. The van der Waals surface area contributed by atoms with Crippen molar-refractivity contribution in [3.63, 3.8) is 0 Å². The molecule has 0 fully saturated rings. The molecule has 5 heterocycles. The van der Waals surface area contributed by atoms with E-state index in [1.165, 1.54) is 0 Å². The quantitative estimate of drug-likeness (QED) is 0.323. The van der Waals surface area contributed by atoms with Crippen molar-refractivity contribution in [2.24, 2.45) is 13.0 Å². The second-order valence-corrected chi connectivity index (χ2v) is 11.4. The maximum Gasteiger partial charge on any atom is 0.247 e. The lowest BCUT2D eigenvalue weighted by molar-refractivity contribution is -0.129. The summed E-state index contributed by atoms with van der Waals surface area (Å²) >= 11 is 12.4. The van der Waals surface area contributed by atoms with E-state index in [9.17, 15) is 4.79 Å². The summed E-state index contributed by atoms with van der Waals surface area (Å²) in [6.07, 6.45) is 10.6. The highest BCUT2D eigenvalue weighted by Crippen LogP contribution is 2.37. The molecular formula is C29H30Cl2N8O. The Morgan fingerprint density at radius 1 is 1.12 bits per heavy atom. The summed E-state index contributed by atoms with van der Waals surface area (Å²) in [7, 11) is 1.95. The van der Waals surface area contributed by atoms with E-state index in [1.54, 1.807) is 23.0 Å². The lowest BCUT2D eigenvalue weighted by Crippen LogP contribution is -2.38. The molecule has 40 heavy (non-hydrogen) atoms. The highest BCUT2D eigenvalue weighted by molar-refractivity contribution is 6.31. The van der Waals surface area contributed by atoms with Gasteiger partial charge in [-0.1, -0.05) is 41.8 Å². The van der Waals surface area contributed by atoms with E-state index >= 15 is 0 Å². The number of anilines is 1. The molecule has 3 aromatic heterocycles. The second kappa shape index (κ2) is 11.1. The fourth-order valence-electron chi connectivity index (χ4n) is 5.70. The molecule has 0 aliphatic carbocycles. The first-order valence-electron chi connectivity index (χ1n) is 13.5. The Balaban J connectivity index is 1.35. The van der Waals surface area contributed by atoms with Crippen molar-refractivity contribution in [3.05, 3.63) is 76.4 Å². The smallest absolute Gasteiger partial charge is 0.247 e. The van der Waals surface area contributed by atoms with Crippen LogP contribution in [0.1, 0.15) is 49.9 Å². The van der Waals surface area contributed by atoms with Gasteiger partial charge in [0.05, 0.1) is 41.2 Å². The van der Waals surface area contributed by atoms with E-state index in [0.717, 1.165) is 65.3 Å². The lowest BCUT2D eigenvalue weighted by atomic mass is 9.93. The summed E-state index contributed by atoms with van der Waals surface area (Å²) < 4.78 is 3.50. The van der Waals surface area contributed by atoms with Crippen LogP contribution in [-0.4, -0.2) is 53.7 Å². The number of amides is 1. The van der Waals surface area contributed by atoms with E-state index < -0.39 is 0 Å². The molecular weight excluding hydrogens is 547 g/mol. The number of nitrogens with one attached hydrogen (secondary N) is 1. The van der Waals surface area contributed by atoms with Crippen molar-refractivity contribution in [1.82, 2.24) is 34.7 Å². The zero-order valence-corrected chi connectivity index (χ0v) is 23.9. The predicted molar refractivity (Wildman–Crippen MR) is 156 cm³/mol. The van der Waals surface area contributed by atoms with Crippen molar-refractivity contribution in [2.75, 3.05) is 18.4 Å². The molecule has 2 aliphatic heterocycles. The first kappa shape index (κ1) is 26.5. The van der Waals surface area contributed by atoms with E-state index in [2.05, 4.69) is 33.7 Å². The molecule has 1 amide bonds. The van der Waals surface area contributed by atoms with Crippen LogP contribution in [0.25, 0.3) is 22.5 Å². The number of hydrogen-bond donors (Lipinski definition) is 1. The van der Waals surface area contributed by atoms with E-state index in [4.69, 9.17) is 28.2 Å². The molecule has 2 bridgehead atoms. The Kier molecular flexibility index (Phi) is 7.33. The van der Waals surface area contributed by atoms with Crippen molar-refractivity contribution in [2.45, 2.75) is 38.6 Å². The van der Waals surface area contributed by atoms with Gasteiger partial charge in [0, 0.05) is 48.6 Å². The monoisotopic (exact) mass is 576 g/mol. The van der Waals surface area contributed by atoms with E-state index in [0.29, 0.717) is 29.1 Å². The van der Waals surface area contributed by atoms with E-state index in [-0.39, 0.29) is 11.9 Å². The van der Waals surface area contributed by atoms with Crippen LogP contribution in [0, 0.1) is 5.92 Å².